The number of ether oxygens (including phenoxy) is 1. The molecule has 1 aliphatic rings. The van der Waals surface area contributed by atoms with Crippen LogP contribution in [-0.4, -0.2) is 37.0 Å². The van der Waals surface area contributed by atoms with E-state index >= 15 is 0 Å². The van der Waals surface area contributed by atoms with Crippen LogP contribution in [0.15, 0.2) is 18.2 Å². The predicted octanol–water partition coefficient (Wildman–Crippen LogP) is 3.09. The van der Waals surface area contributed by atoms with Crippen molar-refractivity contribution >= 4 is 11.9 Å². The van der Waals surface area contributed by atoms with Gasteiger partial charge in [0.25, 0.3) is 0 Å². The average molecular weight is 339 g/mol. The summed E-state index contributed by atoms with van der Waals surface area (Å²) in [4.78, 5) is 25.0. The lowest BCUT2D eigenvalue weighted by Gasteiger charge is -2.33. The maximum Gasteiger partial charge on any atom is 0.306 e. The van der Waals surface area contributed by atoms with Crippen LogP contribution in [0.1, 0.15) is 37.7 Å². The third-order valence-electron chi connectivity index (χ3n) is 4.48. The molecule has 1 atom stereocenters. The fraction of sp³-hybridized carbons (Fsp3) is 0.556. The van der Waals surface area contributed by atoms with Crippen LogP contribution in [0.3, 0.4) is 0 Å². The van der Waals surface area contributed by atoms with Crippen molar-refractivity contribution in [2.24, 2.45) is 5.92 Å². The number of aryl methyl sites for hydroxylation is 1. The van der Waals surface area contributed by atoms with Crippen LogP contribution in [0.4, 0.5) is 8.78 Å². The van der Waals surface area contributed by atoms with Gasteiger partial charge in [-0.3, -0.25) is 9.59 Å². The number of likely N-dealkylation sites (tertiary alicyclic amines) is 1. The zero-order valence-corrected chi connectivity index (χ0v) is 13.9. The Kier molecular flexibility index (Phi) is 6.70. The lowest BCUT2D eigenvalue weighted by atomic mass is 9.91. The molecular formula is C18H23F2NO3. The molecule has 1 amide bonds. The number of piperidine rings is 1. The Morgan fingerprint density at radius 2 is 2.08 bits per heavy atom. The van der Waals surface area contributed by atoms with E-state index in [0.717, 1.165) is 25.3 Å². The zero-order valence-electron chi connectivity index (χ0n) is 13.9. The molecule has 0 aromatic heterocycles. The number of esters is 1. The topological polar surface area (TPSA) is 46.6 Å². The van der Waals surface area contributed by atoms with Gasteiger partial charge in [0, 0.05) is 25.6 Å². The largest absolute Gasteiger partial charge is 0.469 e. The molecule has 132 valence electrons. The van der Waals surface area contributed by atoms with Crippen molar-refractivity contribution < 1.29 is 23.1 Å². The van der Waals surface area contributed by atoms with E-state index in [1.54, 1.807) is 4.90 Å². The van der Waals surface area contributed by atoms with Crippen LogP contribution in [0.25, 0.3) is 0 Å². The summed E-state index contributed by atoms with van der Waals surface area (Å²) in [6.45, 7) is 1.32. The van der Waals surface area contributed by atoms with Crippen LogP contribution in [-0.2, 0) is 20.7 Å². The Morgan fingerprint density at radius 1 is 1.29 bits per heavy atom. The third-order valence-corrected chi connectivity index (χ3v) is 4.48. The number of hydrogen-bond donors (Lipinski definition) is 0. The van der Waals surface area contributed by atoms with E-state index in [0.29, 0.717) is 31.0 Å². The molecule has 1 aromatic rings. The van der Waals surface area contributed by atoms with Crippen molar-refractivity contribution in [3.05, 3.63) is 35.4 Å². The van der Waals surface area contributed by atoms with E-state index in [1.807, 2.05) is 0 Å². The summed E-state index contributed by atoms with van der Waals surface area (Å²) in [7, 11) is 1.30. The van der Waals surface area contributed by atoms with Crippen molar-refractivity contribution in [2.75, 3.05) is 20.2 Å². The molecule has 0 N–H and O–H groups in total. The maximum absolute atomic E-state index is 13.7. The minimum Gasteiger partial charge on any atom is -0.469 e. The van der Waals surface area contributed by atoms with Gasteiger partial charge in [-0.1, -0.05) is 6.07 Å². The van der Waals surface area contributed by atoms with E-state index in [-0.39, 0.29) is 24.7 Å². The molecule has 1 saturated heterocycles. The molecule has 0 unspecified atom stereocenters. The fourth-order valence-corrected chi connectivity index (χ4v) is 3.08. The van der Waals surface area contributed by atoms with Crippen molar-refractivity contribution in [1.29, 1.82) is 0 Å². The second-order valence-corrected chi connectivity index (χ2v) is 6.20. The third kappa shape index (κ3) is 5.28. The van der Waals surface area contributed by atoms with Gasteiger partial charge >= 0.3 is 5.97 Å². The highest BCUT2D eigenvalue weighted by molar-refractivity contribution is 5.81. The van der Waals surface area contributed by atoms with Gasteiger partial charge in [-0.15, -0.1) is 0 Å². The normalized spacial score (nSPS) is 17.6. The number of rotatable bonds is 6. The summed E-state index contributed by atoms with van der Waals surface area (Å²) in [5.41, 5.74) is 0.505. The van der Waals surface area contributed by atoms with Crippen LogP contribution >= 0.6 is 0 Å². The summed E-state index contributed by atoms with van der Waals surface area (Å²) in [6, 6.07) is 3.65. The Morgan fingerprint density at radius 3 is 2.79 bits per heavy atom. The molecule has 4 nitrogen and oxygen atoms in total. The summed E-state index contributed by atoms with van der Waals surface area (Å²) >= 11 is 0. The Labute approximate surface area is 140 Å². The molecule has 0 saturated carbocycles. The number of carbonyl (C=O) groups is 2. The molecule has 2 rings (SSSR count). The predicted molar refractivity (Wildman–Crippen MR) is 85.2 cm³/mol. The van der Waals surface area contributed by atoms with Crippen LogP contribution in [0, 0.1) is 17.6 Å². The lowest BCUT2D eigenvalue weighted by molar-refractivity contribution is -0.144. The first-order valence-electron chi connectivity index (χ1n) is 8.28. The maximum atomic E-state index is 13.7. The highest BCUT2D eigenvalue weighted by atomic mass is 19.1. The number of carbonyl (C=O) groups excluding carboxylic acids is 2. The molecule has 1 heterocycles. The van der Waals surface area contributed by atoms with Crippen molar-refractivity contribution in [1.82, 2.24) is 4.90 Å². The monoisotopic (exact) mass is 339 g/mol. The average Bonchev–Trinajstić information content (AvgIpc) is 2.58. The summed E-state index contributed by atoms with van der Waals surface area (Å²) in [6.07, 6.45) is 3.43. The van der Waals surface area contributed by atoms with Gasteiger partial charge in [-0.25, -0.2) is 8.78 Å². The van der Waals surface area contributed by atoms with E-state index < -0.39 is 11.6 Å². The summed E-state index contributed by atoms with van der Waals surface area (Å²) < 4.78 is 31.1. The van der Waals surface area contributed by atoms with Gasteiger partial charge in [0.15, 0.2) is 0 Å². The number of halogens is 2. The van der Waals surface area contributed by atoms with Gasteiger partial charge in [0.05, 0.1) is 13.5 Å². The second-order valence-electron chi connectivity index (χ2n) is 6.20. The van der Waals surface area contributed by atoms with Crippen LogP contribution in [0.5, 0.6) is 0 Å². The zero-order chi connectivity index (χ0) is 17.5. The number of methoxy groups -OCH3 is 1. The molecule has 24 heavy (non-hydrogen) atoms. The van der Waals surface area contributed by atoms with Gasteiger partial charge in [-0.05, 0) is 43.2 Å². The molecule has 1 fully saturated rings. The minimum absolute atomic E-state index is 0.0435. The first kappa shape index (κ1) is 18.4. The van der Waals surface area contributed by atoms with E-state index in [1.165, 1.54) is 19.2 Å². The number of amides is 1. The summed E-state index contributed by atoms with van der Waals surface area (Å²) in [5, 5.41) is 0. The Hall–Kier alpha value is -1.98. The minimum atomic E-state index is -0.573. The van der Waals surface area contributed by atoms with Crippen molar-refractivity contribution in [3.63, 3.8) is 0 Å². The van der Waals surface area contributed by atoms with Crippen LogP contribution in [0.2, 0.25) is 0 Å². The van der Waals surface area contributed by atoms with E-state index in [2.05, 4.69) is 4.74 Å². The molecule has 0 radical (unpaired) electrons. The molecule has 0 bridgehead atoms. The highest BCUT2D eigenvalue weighted by Gasteiger charge is 2.24. The van der Waals surface area contributed by atoms with Crippen molar-refractivity contribution in [2.45, 2.75) is 38.5 Å². The van der Waals surface area contributed by atoms with Crippen molar-refractivity contribution in [3.8, 4) is 0 Å². The smallest absolute Gasteiger partial charge is 0.306 e. The Bertz CT molecular complexity index is 592. The van der Waals surface area contributed by atoms with E-state index in [4.69, 9.17) is 0 Å². The van der Waals surface area contributed by atoms with Gasteiger partial charge in [0.2, 0.25) is 5.91 Å². The molecule has 0 aliphatic carbocycles. The standard InChI is InChI=1S/C18H23F2NO3/c1-24-18(23)9-8-17(22)21-10-2-3-13(12-21)4-5-14-6-7-15(19)11-16(14)20/h6-7,11,13H,2-5,8-10,12H2,1H3/t13-/m1/s1. The number of benzene rings is 1. The van der Waals surface area contributed by atoms with Gasteiger partial charge in [0.1, 0.15) is 11.6 Å². The number of hydrogen-bond acceptors (Lipinski definition) is 3. The molecule has 0 spiro atoms. The Balaban J connectivity index is 1.82. The lowest BCUT2D eigenvalue weighted by Crippen LogP contribution is -2.40. The van der Waals surface area contributed by atoms with Crippen LogP contribution < -0.4 is 0 Å². The SMILES string of the molecule is COC(=O)CCC(=O)N1CCC[C@H](CCc2ccc(F)cc2F)C1. The first-order chi connectivity index (χ1) is 11.5. The van der Waals surface area contributed by atoms with Gasteiger partial charge < -0.3 is 9.64 Å². The quantitative estimate of drug-likeness (QED) is 0.748. The molecule has 1 aromatic carbocycles. The molecule has 6 heteroatoms. The second kappa shape index (κ2) is 8.76. The summed E-state index contributed by atoms with van der Waals surface area (Å²) in [5.74, 6) is -1.22. The van der Waals surface area contributed by atoms with E-state index in [9.17, 15) is 18.4 Å². The highest BCUT2D eigenvalue weighted by Crippen LogP contribution is 2.23. The molecular weight excluding hydrogens is 316 g/mol. The molecule has 1 aliphatic heterocycles. The first-order valence-corrected chi connectivity index (χ1v) is 8.28. The fourth-order valence-electron chi connectivity index (χ4n) is 3.08. The number of nitrogens with zero attached hydrogens (tertiary/aromatic N) is 1. The van der Waals surface area contributed by atoms with Gasteiger partial charge in [-0.2, -0.15) is 0 Å².